The van der Waals surface area contributed by atoms with Crippen molar-refractivity contribution >= 4 is 19.4 Å². The van der Waals surface area contributed by atoms with Crippen LogP contribution in [0, 0.1) is 0 Å². The second-order valence-corrected chi connectivity index (χ2v) is 4.24. The second kappa shape index (κ2) is 7.77. The van der Waals surface area contributed by atoms with E-state index >= 15 is 0 Å². The molecule has 0 fully saturated rings. The van der Waals surface area contributed by atoms with Gasteiger partial charge in [-0.1, -0.05) is 25.4 Å². The van der Waals surface area contributed by atoms with Crippen molar-refractivity contribution in [1.29, 1.82) is 0 Å². The third-order valence-electron chi connectivity index (χ3n) is 1.11. The first-order valence-electron chi connectivity index (χ1n) is 4.28. The van der Waals surface area contributed by atoms with E-state index in [0.29, 0.717) is 13.2 Å². The maximum Gasteiger partial charge on any atom is 0.475 e. The van der Waals surface area contributed by atoms with Crippen molar-refractivity contribution in [1.82, 2.24) is 0 Å². The summed E-state index contributed by atoms with van der Waals surface area (Å²) in [6.07, 6.45) is 1.51. The van der Waals surface area contributed by atoms with Crippen molar-refractivity contribution in [3.63, 3.8) is 0 Å². The topological polar surface area (TPSA) is 44.8 Å². The largest absolute Gasteiger partial charge is 0.475 e. The fourth-order valence-corrected chi connectivity index (χ4v) is 2.09. The summed E-state index contributed by atoms with van der Waals surface area (Å²) in [6.45, 7) is 4.51. The van der Waals surface area contributed by atoms with Crippen LogP contribution in [0.1, 0.15) is 26.7 Å². The van der Waals surface area contributed by atoms with Gasteiger partial charge in [-0.05, 0) is 12.8 Å². The van der Waals surface area contributed by atoms with Gasteiger partial charge in [0.2, 0.25) is 0 Å². The van der Waals surface area contributed by atoms with Crippen LogP contribution in [0.2, 0.25) is 0 Å². The number of halogens is 1. The van der Waals surface area contributed by atoms with Crippen LogP contribution in [0.25, 0.3) is 0 Å². The molecule has 0 spiro atoms. The molecule has 0 saturated heterocycles. The zero-order valence-electron chi connectivity index (χ0n) is 7.99. The standard InChI is InChI=1S/C7H16ClO4P/c1-3-5-10-13(9,12-7-8)11-6-4-2/h3-7H2,1-2H3. The smallest absolute Gasteiger partial charge is 0.287 e. The van der Waals surface area contributed by atoms with Gasteiger partial charge >= 0.3 is 7.82 Å². The third kappa shape index (κ3) is 6.47. The van der Waals surface area contributed by atoms with Gasteiger partial charge in [0, 0.05) is 0 Å². The molecule has 13 heavy (non-hydrogen) atoms. The van der Waals surface area contributed by atoms with Gasteiger partial charge in [0.15, 0.2) is 0 Å². The molecule has 0 unspecified atom stereocenters. The molecule has 0 rings (SSSR count). The summed E-state index contributed by atoms with van der Waals surface area (Å²) in [6, 6.07) is -0.190. The zero-order chi connectivity index (χ0) is 10.2. The maximum absolute atomic E-state index is 11.6. The minimum Gasteiger partial charge on any atom is -0.287 e. The van der Waals surface area contributed by atoms with Crippen LogP contribution in [0.3, 0.4) is 0 Å². The van der Waals surface area contributed by atoms with Crippen molar-refractivity contribution < 1.29 is 18.1 Å². The van der Waals surface area contributed by atoms with E-state index in [-0.39, 0.29) is 6.07 Å². The summed E-state index contributed by atoms with van der Waals surface area (Å²) in [5.41, 5.74) is 0. The first-order chi connectivity index (χ1) is 6.18. The number of hydrogen-bond donors (Lipinski definition) is 0. The quantitative estimate of drug-likeness (QED) is 0.475. The van der Waals surface area contributed by atoms with Gasteiger partial charge in [-0.3, -0.25) is 13.6 Å². The summed E-state index contributed by atoms with van der Waals surface area (Å²) < 4.78 is 26.2. The molecule has 0 saturated carbocycles. The van der Waals surface area contributed by atoms with Gasteiger partial charge in [-0.2, -0.15) is 0 Å². The van der Waals surface area contributed by atoms with Crippen LogP contribution in [-0.4, -0.2) is 19.3 Å². The van der Waals surface area contributed by atoms with Gasteiger partial charge < -0.3 is 0 Å². The molecule has 0 N–H and O–H groups in total. The lowest BCUT2D eigenvalue weighted by Gasteiger charge is -2.15. The highest BCUT2D eigenvalue weighted by atomic mass is 35.5. The monoisotopic (exact) mass is 230 g/mol. The van der Waals surface area contributed by atoms with E-state index in [1.165, 1.54) is 0 Å². The summed E-state index contributed by atoms with van der Waals surface area (Å²) >= 11 is 5.29. The summed E-state index contributed by atoms with van der Waals surface area (Å²) in [5, 5.41) is 0. The highest BCUT2D eigenvalue weighted by molar-refractivity contribution is 7.48. The first kappa shape index (κ1) is 13.4. The van der Waals surface area contributed by atoms with Gasteiger partial charge in [-0.15, -0.1) is 0 Å². The lowest BCUT2D eigenvalue weighted by atomic mass is 10.5. The number of alkyl halides is 1. The predicted octanol–water partition coefficient (Wildman–Crippen LogP) is 3.16. The van der Waals surface area contributed by atoms with Crippen LogP contribution in [0.4, 0.5) is 0 Å². The Bertz CT molecular complexity index is 153. The molecule has 0 aliphatic heterocycles. The lowest BCUT2D eigenvalue weighted by molar-refractivity contribution is 0.126. The van der Waals surface area contributed by atoms with Crippen molar-refractivity contribution in [3.8, 4) is 0 Å². The fraction of sp³-hybridized carbons (Fsp3) is 1.00. The third-order valence-corrected chi connectivity index (χ3v) is 2.82. The van der Waals surface area contributed by atoms with Gasteiger partial charge in [0.05, 0.1) is 13.2 Å². The Hall–Kier alpha value is 0.400. The summed E-state index contributed by atoms with van der Waals surface area (Å²) in [4.78, 5) is 0. The molecule has 0 aliphatic rings. The van der Waals surface area contributed by atoms with Crippen LogP contribution >= 0.6 is 19.4 Å². The average molecular weight is 231 g/mol. The van der Waals surface area contributed by atoms with E-state index in [9.17, 15) is 4.57 Å². The van der Waals surface area contributed by atoms with Crippen LogP contribution < -0.4 is 0 Å². The Kier molecular flexibility index (Phi) is 8.01. The van der Waals surface area contributed by atoms with Crippen molar-refractivity contribution in [2.75, 3.05) is 19.3 Å². The van der Waals surface area contributed by atoms with E-state index in [0.717, 1.165) is 12.8 Å². The maximum atomic E-state index is 11.6. The normalized spacial score (nSPS) is 11.9. The molecule has 6 heteroatoms. The molecule has 0 bridgehead atoms. The van der Waals surface area contributed by atoms with Crippen molar-refractivity contribution in [2.45, 2.75) is 26.7 Å². The number of hydrogen-bond acceptors (Lipinski definition) is 4. The minimum atomic E-state index is -3.38. The number of phosphoric ester groups is 1. The molecule has 0 aliphatic carbocycles. The van der Waals surface area contributed by atoms with Crippen LogP contribution in [-0.2, 0) is 18.1 Å². The highest BCUT2D eigenvalue weighted by Crippen LogP contribution is 2.49. The zero-order valence-corrected chi connectivity index (χ0v) is 9.64. The molecule has 0 atom stereocenters. The van der Waals surface area contributed by atoms with E-state index in [2.05, 4.69) is 0 Å². The van der Waals surface area contributed by atoms with Crippen LogP contribution in [0.15, 0.2) is 0 Å². The lowest BCUT2D eigenvalue weighted by Crippen LogP contribution is -2.01. The molecule has 0 aromatic rings. The predicted molar refractivity (Wildman–Crippen MR) is 51.9 cm³/mol. The summed E-state index contributed by atoms with van der Waals surface area (Å²) in [5.74, 6) is 0. The molecule has 0 aromatic carbocycles. The molecule has 0 aromatic heterocycles. The Morgan fingerprint density at radius 1 is 1.08 bits per heavy atom. The first-order valence-corrected chi connectivity index (χ1v) is 6.27. The van der Waals surface area contributed by atoms with E-state index in [1.54, 1.807) is 0 Å². The van der Waals surface area contributed by atoms with Gasteiger partial charge in [-0.25, -0.2) is 4.57 Å². The molecule has 4 nitrogen and oxygen atoms in total. The minimum absolute atomic E-state index is 0.190. The number of rotatable bonds is 8. The Morgan fingerprint density at radius 2 is 1.54 bits per heavy atom. The highest BCUT2D eigenvalue weighted by Gasteiger charge is 2.25. The Labute approximate surface area is 84.1 Å². The summed E-state index contributed by atoms with van der Waals surface area (Å²) in [7, 11) is -3.38. The fourth-order valence-electron chi connectivity index (χ4n) is 0.578. The Balaban J connectivity index is 3.92. The number of phosphoric acid groups is 1. The van der Waals surface area contributed by atoms with Crippen molar-refractivity contribution in [3.05, 3.63) is 0 Å². The Morgan fingerprint density at radius 3 is 1.85 bits per heavy atom. The van der Waals surface area contributed by atoms with E-state index in [4.69, 9.17) is 25.2 Å². The molecule has 80 valence electrons. The molecular weight excluding hydrogens is 214 g/mol. The molecule has 0 amide bonds. The molecular formula is C7H16ClO4P. The van der Waals surface area contributed by atoms with E-state index < -0.39 is 7.82 Å². The van der Waals surface area contributed by atoms with Crippen molar-refractivity contribution in [2.24, 2.45) is 0 Å². The SMILES string of the molecule is CCCOP(=O)(OCCl)OCCC. The second-order valence-electron chi connectivity index (χ2n) is 2.35. The van der Waals surface area contributed by atoms with Gasteiger partial charge in [0.1, 0.15) is 6.07 Å². The average Bonchev–Trinajstić information content (AvgIpc) is 2.12. The van der Waals surface area contributed by atoms with Crippen LogP contribution in [0.5, 0.6) is 0 Å². The molecule has 0 radical (unpaired) electrons. The van der Waals surface area contributed by atoms with E-state index in [1.807, 2.05) is 13.8 Å². The molecule has 0 heterocycles. The van der Waals surface area contributed by atoms with Gasteiger partial charge in [0.25, 0.3) is 0 Å².